The van der Waals surface area contributed by atoms with Crippen molar-refractivity contribution in [3.8, 4) is 0 Å². The molecule has 0 bridgehead atoms. The second kappa shape index (κ2) is 8.43. The lowest BCUT2D eigenvalue weighted by atomic mass is 10.2. The van der Waals surface area contributed by atoms with E-state index in [1.807, 2.05) is 0 Å². The van der Waals surface area contributed by atoms with Crippen LogP contribution in [-0.2, 0) is 10.0 Å². The van der Waals surface area contributed by atoms with Gasteiger partial charge in [0.15, 0.2) is 0 Å². The number of hydrogen-bond acceptors (Lipinski definition) is 7. The fourth-order valence-electron chi connectivity index (χ4n) is 2.42. The third-order valence-electron chi connectivity index (χ3n) is 3.77. The SMILES string of the molecule is Nc1ncnc2c(C(=O)Nc3c(F)ccc(NS(=O)(=O)CCCF)c3Cl)csc12. The van der Waals surface area contributed by atoms with Gasteiger partial charge in [-0.25, -0.2) is 22.8 Å². The number of rotatable bonds is 7. The van der Waals surface area contributed by atoms with Crippen molar-refractivity contribution in [3.05, 3.63) is 40.2 Å². The standard InChI is InChI=1S/C16H14ClF2N5O3S2/c17-11-10(24-29(26,27)5-1-4-18)3-2-9(19)13(11)23-16(25)8-6-28-14-12(8)21-7-22-15(14)20/h2-3,6-7,24H,1,4-5H2,(H,23,25)(H2,20,21,22). The van der Waals surface area contributed by atoms with Gasteiger partial charge in [0, 0.05) is 5.38 Å². The first-order valence-corrected chi connectivity index (χ1v) is 11.0. The van der Waals surface area contributed by atoms with Crippen molar-refractivity contribution in [3.63, 3.8) is 0 Å². The second-order valence-corrected chi connectivity index (χ2v) is 8.89. The van der Waals surface area contributed by atoms with E-state index in [9.17, 15) is 22.0 Å². The smallest absolute Gasteiger partial charge is 0.258 e. The minimum Gasteiger partial charge on any atom is -0.382 e. The Morgan fingerprint density at radius 3 is 2.79 bits per heavy atom. The van der Waals surface area contributed by atoms with Crippen molar-refractivity contribution in [2.24, 2.45) is 0 Å². The summed E-state index contributed by atoms with van der Waals surface area (Å²) in [5.74, 6) is -1.86. The van der Waals surface area contributed by atoms with Crippen molar-refractivity contribution in [1.82, 2.24) is 9.97 Å². The lowest BCUT2D eigenvalue weighted by Gasteiger charge is -2.13. The van der Waals surface area contributed by atoms with Gasteiger partial charge >= 0.3 is 0 Å². The Balaban J connectivity index is 1.90. The number of fused-ring (bicyclic) bond motifs is 1. The minimum atomic E-state index is -3.89. The van der Waals surface area contributed by atoms with Gasteiger partial charge in [-0.2, -0.15) is 0 Å². The molecule has 1 amide bonds. The highest BCUT2D eigenvalue weighted by Gasteiger charge is 2.21. The van der Waals surface area contributed by atoms with Gasteiger partial charge in [0.25, 0.3) is 5.91 Å². The Bertz CT molecular complexity index is 1190. The Kier molecular flexibility index (Phi) is 6.15. The molecule has 0 aliphatic heterocycles. The monoisotopic (exact) mass is 461 g/mol. The van der Waals surface area contributed by atoms with Gasteiger partial charge in [-0.1, -0.05) is 11.6 Å². The number of aromatic nitrogens is 2. The highest BCUT2D eigenvalue weighted by molar-refractivity contribution is 7.92. The number of halogens is 3. The van der Waals surface area contributed by atoms with Gasteiger partial charge in [-0.05, 0) is 18.6 Å². The van der Waals surface area contributed by atoms with Crippen LogP contribution in [0.2, 0.25) is 5.02 Å². The molecule has 29 heavy (non-hydrogen) atoms. The number of hydrogen-bond donors (Lipinski definition) is 3. The summed E-state index contributed by atoms with van der Waals surface area (Å²) in [6.07, 6.45) is 0.996. The van der Waals surface area contributed by atoms with Crippen LogP contribution in [0.1, 0.15) is 16.8 Å². The molecule has 3 aromatic rings. The number of nitrogens with one attached hydrogen (secondary N) is 2. The molecule has 0 unspecified atom stereocenters. The van der Waals surface area contributed by atoms with E-state index in [0.717, 1.165) is 23.5 Å². The fourth-order valence-corrected chi connectivity index (χ4v) is 4.72. The number of amides is 1. The summed E-state index contributed by atoms with van der Waals surface area (Å²) in [5.41, 5.74) is 5.60. The molecule has 0 spiro atoms. The molecule has 1 aromatic carbocycles. The summed E-state index contributed by atoms with van der Waals surface area (Å²) in [6.45, 7) is -0.804. The van der Waals surface area contributed by atoms with Gasteiger partial charge in [-0.15, -0.1) is 11.3 Å². The number of nitrogen functional groups attached to an aromatic ring is 1. The predicted molar refractivity (Wildman–Crippen MR) is 109 cm³/mol. The van der Waals surface area contributed by atoms with Crippen LogP contribution < -0.4 is 15.8 Å². The molecule has 3 rings (SSSR count). The summed E-state index contributed by atoms with van der Waals surface area (Å²) < 4.78 is 53.1. The normalized spacial score (nSPS) is 11.6. The van der Waals surface area contributed by atoms with E-state index in [0.29, 0.717) is 10.2 Å². The molecule has 0 radical (unpaired) electrons. The minimum absolute atomic E-state index is 0.128. The maximum absolute atomic E-state index is 14.3. The van der Waals surface area contributed by atoms with E-state index in [1.165, 1.54) is 11.7 Å². The molecule has 8 nitrogen and oxygen atoms in total. The number of carbonyl (C=O) groups excluding carboxylic acids is 1. The van der Waals surface area contributed by atoms with Crippen LogP contribution >= 0.6 is 22.9 Å². The van der Waals surface area contributed by atoms with Crippen LogP contribution in [0.25, 0.3) is 10.2 Å². The van der Waals surface area contributed by atoms with E-state index >= 15 is 0 Å². The van der Waals surface area contributed by atoms with Crippen LogP contribution in [0, 0.1) is 5.82 Å². The van der Waals surface area contributed by atoms with Gasteiger partial charge < -0.3 is 11.1 Å². The molecule has 2 heterocycles. The molecule has 0 aliphatic rings. The first kappa shape index (κ1) is 21.1. The van der Waals surface area contributed by atoms with E-state index in [-0.39, 0.29) is 28.5 Å². The average Bonchev–Trinajstić information content (AvgIpc) is 3.11. The highest BCUT2D eigenvalue weighted by atomic mass is 35.5. The molecule has 13 heteroatoms. The molecule has 2 aromatic heterocycles. The van der Waals surface area contributed by atoms with Crippen molar-refractivity contribution < 1.29 is 22.0 Å². The summed E-state index contributed by atoms with van der Waals surface area (Å²) >= 11 is 7.25. The zero-order valence-electron chi connectivity index (χ0n) is 14.6. The largest absolute Gasteiger partial charge is 0.382 e. The topological polar surface area (TPSA) is 127 Å². The number of nitrogens with zero attached hydrogens (tertiary/aromatic N) is 2. The first-order chi connectivity index (χ1) is 13.7. The third kappa shape index (κ3) is 4.54. The van der Waals surface area contributed by atoms with Crippen molar-refractivity contribution >= 4 is 66.3 Å². The van der Waals surface area contributed by atoms with Crippen molar-refractivity contribution in [2.45, 2.75) is 6.42 Å². The van der Waals surface area contributed by atoms with E-state index < -0.39 is 39.9 Å². The van der Waals surface area contributed by atoms with Gasteiger partial charge in [0.2, 0.25) is 10.0 Å². The van der Waals surface area contributed by atoms with Crippen LogP contribution in [-0.4, -0.2) is 36.7 Å². The molecule has 0 saturated heterocycles. The summed E-state index contributed by atoms with van der Waals surface area (Å²) in [5, 5.41) is 3.46. The Hall–Kier alpha value is -2.57. The van der Waals surface area contributed by atoms with Crippen LogP contribution in [0.5, 0.6) is 0 Å². The maximum Gasteiger partial charge on any atom is 0.258 e. The summed E-state index contributed by atoms with van der Waals surface area (Å²) in [4.78, 5) is 20.5. The zero-order chi connectivity index (χ0) is 21.2. The Labute approximate surface area is 173 Å². The molecule has 0 atom stereocenters. The molecule has 154 valence electrons. The van der Waals surface area contributed by atoms with Crippen LogP contribution in [0.15, 0.2) is 23.8 Å². The van der Waals surface area contributed by atoms with Crippen LogP contribution in [0.3, 0.4) is 0 Å². The molecule has 0 fully saturated rings. The molecule has 4 N–H and O–H groups in total. The lowest BCUT2D eigenvalue weighted by molar-refractivity contribution is 0.102. The van der Waals surface area contributed by atoms with Gasteiger partial charge in [-0.3, -0.25) is 13.9 Å². The van der Waals surface area contributed by atoms with Crippen LogP contribution in [0.4, 0.5) is 26.0 Å². The molecule has 0 saturated carbocycles. The fraction of sp³-hybridized carbons (Fsp3) is 0.188. The Morgan fingerprint density at radius 1 is 1.31 bits per heavy atom. The van der Waals surface area contributed by atoms with E-state index in [4.69, 9.17) is 17.3 Å². The van der Waals surface area contributed by atoms with Gasteiger partial charge in [0.1, 0.15) is 18.0 Å². The maximum atomic E-state index is 14.3. The van der Waals surface area contributed by atoms with E-state index in [2.05, 4.69) is 20.0 Å². The quantitative estimate of drug-likeness (QED) is 0.494. The van der Waals surface area contributed by atoms with E-state index in [1.54, 1.807) is 0 Å². The zero-order valence-corrected chi connectivity index (χ0v) is 17.0. The molecular weight excluding hydrogens is 448 g/mol. The van der Waals surface area contributed by atoms with Crippen molar-refractivity contribution in [2.75, 3.05) is 28.2 Å². The third-order valence-corrected chi connectivity index (χ3v) is 6.51. The lowest BCUT2D eigenvalue weighted by Crippen LogP contribution is -2.18. The Morgan fingerprint density at radius 2 is 2.07 bits per heavy atom. The summed E-state index contributed by atoms with van der Waals surface area (Å²) in [6, 6.07) is 2.05. The number of benzene rings is 1. The molecular formula is C16H14ClF2N5O3S2. The van der Waals surface area contributed by atoms with Crippen molar-refractivity contribution in [1.29, 1.82) is 0 Å². The number of carbonyl (C=O) groups is 1. The van der Waals surface area contributed by atoms with Gasteiger partial charge in [0.05, 0.1) is 44.6 Å². The number of nitrogens with two attached hydrogens (primary N) is 1. The first-order valence-electron chi connectivity index (χ1n) is 8.07. The number of anilines is 3. The predicted octanol–water partition coefficient (Wildman–Crippen LogP) is 3.42. The summed E-state index contributed by atoms with van der Waals surface area (Å²) in [7, 11) is -3.89. The molecule has 0 aliphatic carbocycles. The highest BCUT2D eigenvalue weighted by Crippen LogP contribution is 2.35. The number of alkyl halides is 1. The number of thiophene rings is 1. The number of sulfonamides is 1. The average molecular weight is 462 g/mol. The second-order valence-electron chi connectivity index (χ2n) is 5.79.